The molecule has 2 aliphatic rings. The summed E-state index contributed by atoms with van der Waals surface area (Å²) in [6.07, 6.45) is 10.4. The largest absolute Gasteiger partial charge is 0.0845 e. The van der Waals surface area contributed by atoms with Gasteiger partial charge in [-0.3, -0.25) is 0 Å². The van der Waals surface area contributed by atoms with Gasteiger partial charge in [0.05, 0.1) is 0 Å². The van der Waals surface area contributed by atoms with E-state index in [1.54, 1.807) is 0 Å². The van der Waals surface area contributed by atoms with Crippen molar-refractivity contribution >= 4 is 15.9 Å². The molecule has 0 aromatic rings. The minimum atomic E-state index is 0.661. The maximum absolute atomic E-state index is 3.60. The third-order valence-corrected chi connectivity index (χ3v) is 3.24. The number of halogens is 1. The summed E-state index contributed by atoms with van der Waals surface area (Å²) in [6, 6.07) is 0. The SMILES string of the molecule is BrC1C=CC2(CCC2)C1. The van der Waals surface area contributed by atoms with E-state index in [9.17, 15) is 0 Å². The van der Waals surface area contributed by atoms with Crippen LogP contribution in [0.15, 0.2) is 12.2 Å². The van der Waals surface area contributed by atoms with Gasteiger partial charge in [-0.25, -0.2) is 0 Å². The average Bonchev–Trinajstić information content (AvgIpc) is 2.09. The fourth-order valence-corrected chi connectivity index (χ4v) is 2.63. The van der Waals surface area contributed by atoms with Gasteiger partial charge < -0.3 is 0 Å². The second-order valence-corrected chi connectivity index (χ2v) is 4.47. The van der Waals surface area contributed by atoms with Crippen molar-refractivity contribution in [2.24, 2.45) is 5.41 Å². The molecule has 2 rings (SSSR count). The molecule has 0 N–H and O–H groups in total. The molecule has 1 unspecified atom stereocenters. The lowest BCUT2D eigenvalue weighted by Gasteiger charge is -2.37. The van der Waals surface area contributed by atoms with Gasteiger partial charge in [0, 0.05) is 4.83 Å². The van der Waals surface area contributed by atoms with Crippen molar-refractivity contribution in [3.63, 3.8) is 0 Å². The molecule has 0 aliphatic heterocycles. The number of alkyl halides is 1. The van der Waals surface area contributed by atoms with E-state index in [1.165, 1.54) is 25.7 Å². The predicted molar refractivity (Wildman–Crippen MR) is 42.8 cm³/mol. The highest BCUT2D eigenvalue weighted by Crippen LogP contribution is 2.50. The third kappa shape index (κ3) is 0.861. The Kier molecular flexibility index (Phi) is 1.23. The van der Waals surface area contributed by atoms with E-state index in [1.807, 2.05) is 0 Å². The lowest BCUT2D eigenvalue weighted by molar-refractivity contribution is 0.204. The quantitative estimate of drug-likeness (QED) is 0.404. The van der Waals surface area contributed by atoms with Gasteiger partial charge in [0.25, 0.3) is 0 Å². The van der Waals surface area contributed by atoms with E-state index in [2.05, 4.69) is 28.1 Å². The molecule has 0 nitrogen and oxygen atoms in total. The summed E-state index contributed by atoms with van der Waals surface area (Å²) in [5.74, 6) is 0. The molecule has 0 heterocycles. The summed E-state index contributed by atoms with van der Waals surface area (Å²) in [5, 5.41) is 0. The van der Waals surface area contributed by atoms with Crippen molar-refractivity contribution < 1.29 is 0 Å². The van der Waals surface area contributed by atoms with E-state index in [4.69, 9.17) is 0 Å². The molecule has 0 aromatic heterocycles. The number of hydrogen-bond donors (Lipinski definition) is 0. The smallest absolute Gasteiger partial charge is 0.0333 e. The molecule has 1 atom stereocenters. The predicted octanol–water partition coefficient (Wildman–Crippen LogP) is 2.88. The maximum atomic E-state index is 3.60. The highest BCUT2D eigenvalue weighted by atomic mass is 79.9. The van der Waals surface area contributed by atoms with E-state index >= 15 is 0 Å². The summed E-state index contributed by atoms with van der Waals surface area (Å²) in [7, 11) is 0. The standard InChI is InChI=1S/C8H11Br/c9-7-2-5-8(6-7)3-1-4-8/h2,5,7H,1,3-4,6H2. The van der Waals surface area contributed by atoms with Gasteiger partial charge in [-0.15, -0.1) is 0 Å². The molecular weight excluding hydrogens is 176 g/mol. The first-order valence-electron chi connectivity index (χ1n) is 3.64. The second kappa shape index (κ2) is 1.85. The van der Waals surface area contributed by atoms with Gasteiger partial charge in [-0.05, 0) is 24.7 Å². The molecule has 1 fully saturated rings. The van der Waals surface area contributed by atoms with Gasteiger partial charge in [0.15, 0.2) is 0 Å². The van der Waals surface area contributed by atoms with Crippen molar-refractivity contribution in [1.29, 1.82) is 0 Å². The Balaban J connectivity index is 2.09. The monoisotopic (exact) mass is 186 g/mol. The minimum Gasteiger partial charge on any atom is -0.0845 e. The van der Waals surface area contributed by atoms with Crippen LogP contribution in [0, 0.1) is 5.41 Å². The Morgan fingerprint density at radius 3 is 2.44 bits per heavy atom. The van der Waals surface area contributed by atoms with E-state index in [-0.39, 0.29) is 0 Å². The van der Waals surface area contributed by atoms with Crippen molar-refractivity contribution in [3.05, 3.63) is 12.2 Å². The molecule has 0 saturated heterocycles. The van der Waals surface area contributed by atoms with Crippen LogP contribution in [0.25, 0.3) is 0 Å². The zero-order chi connectivity index (χ0) is 6.32. The van der Waals surface area contributed by atoms with Crippen molar-refractivity contribution in [3.8, 4) is 0 Å². The van der Waals surface area contributed by atoms with Gasteiger partial charge in [-0.2, -0.15) is 0 Å². The summed E-state index contributed by atoms with van der Waals surface area (Å²) in [6.45, 7) is 0. The normalized spacial score (nSPS) is 37.2. The average molecular weight is 187 g/mol. The lowest BCUT2D eigenvalue weighted by Crippen LogP contribution is -2.25. The van der Waals surface area contributed by atoms with Crippen LogP contribution in [0.3, 0.4) is 0 Å². The molecule has 1 heteroatoms. The Morgan fingerprint density at radius 1 is 1.44 bits per heavy atom. The summed E-state index contributed by atoms with van der Waals surface area (Å²) >= 11 is 3.60. The van der Waals surface area contributed by atoms with Crippen molar-refractivity contribution in [2.75, 3.05) is 0 Å². The molecular formula is C8H11Br. The summed E-state index contributed by atoms with van der Waals surface area (Å²) < 4.78 is 0. The van der Waals surface area contributed by atoms with Crippen molar-refractivity contribution in [1.82, 2.24) is 0 Å². The topological polar surface area (TPSA) is 0 Å². The molecule has 1 spiro atoms. The van der Waals surface area contributed by atoms with Gasteiger partial charge in [-0.1, -0.05) is 34.5 Å². The Morgan fingerprint density at radius 2 is 2.22 bits per heavy atom. The molecule has 0 aromatic carbocycles. The second-order valence-electron chi connectivity index (χ2n) is 3.30. The van der Waals surface area contributed by atoms with Crippen LogP contribution in [0.4, 0.5) is 0 Å². The number of hydrogen-bond acceptors (Lipinski definition) is 0. The van der Waals surface area contributed by atoms with Crippen LogP contribution < -0.4 is 0 Å². The lowest BCUT2D eigenvalue weighted by atomic mass is 9.69. The maximum Gasteiger partial charge on any atom is 0.0333 e. The van der Waals surface area contributed by atoms with Crippen molar-refractivity contribution in [2.45, 2.75) is 30.5 Å². The first-order valence-corrected chi connectivity index (χ1v) is 4.56. The van der Waals surface area contributed by atoms with E-state index in [0.717, 1.165) is 0 Å². The first kappa shape index (κ1) is 5.96. The van der Waals surface area contributed by atoms with Gasteiger partial charge in [0.2, 0.25) is 0 Å². The zero-order valence-electron chi connectivity index (χ0n) is 5.44. The van der Waals surface area contributed by atoms with E-state index in [0.29, 0.717) is 10.2 Å². The summed E-state index contributed by atoms with van der Waals surface area (Å²) in [4.78, 5) is 0.679. The van der Waals surface area contributed by atoms with E-state index < -0.39 is 0 Å². The molecule has 0 amide bonds. The fraction of sp³-hybridized carbons (Fsp3) is 0.750. The van der Waals surface area contributed by atoms with Crippen LogP contribution in [-0.2, 0) is 0 Å². The van der Waals surface area contributed by atoms with Crippen LogP contribution in [0.2, 0.25) is 0 Å². The molecule has 2 aliphatic carbocycles. The highest BCUT2D eigenvalue weighted by Gasteiger charge is 2.38. The zero-order valence-corrected chi connectivity index (χ0v) is 7.02. The number of allylic oxidation sites excluding steroid dienone is 2. The molecule has 0 radical (unpaired) electrons. The molecule has 1 saturated carbocycles. The van der Waals surface area contributed by atoms with Crippen LogP contribution >= 0.6 is 15.9 Å². The third-order valence-electron chi connectivity index (χ3n) is 2.61. The Labute approximate surface area is 64.5 Å². The van der Waals surface area contributed by atoms with Crippen LogP contribution in [0.1, 0.15) is 25.7 Å². The van der Waals surface area contributed by atoms with Gasteiger partial charge in [0.1, 0.15) is 0 Å². The molecule has 0 bridgehead atoms. The first-order chi connectivity index (χ1) is 4.31. The highest BCUT2D eigenvalue weighted by molar-refractivity contribution is 9.09. The Hall–Kier alpha value is 0.220. The molecule has 9 heavy (non-hydrogen) atoms. The minimum absolute atomic E-state index is 0.661. The van der Waals surface area contributed by atoms with Gasteiger partial charge >= 0.3 is 0 Å². The fourth-order valence-electron chi connectivity index (χ4n) is 1.83. The number of rotatable bonds is 0. The summed E-state index contributed by atoms with van der Waals surface area (Å²) in [5.41, 5.74) is 0.661. The Bertz CT molecular complexity index is 145. The molecule has 50 valence electrons. The van der Waals surface area contributed by atoms with Crippen LogP contribution in [0.5, 0.6) is 0 Å². The van der Waals surface area contributed by atoms with Crippen LogP contribution in [-0.4, -0.2) is 4.83 Å².